The molecule has 98 valence electrons. The summed E-state index contributed by atoms with van der Waals surface area (Å²) in [7, 11) is 0. The van der Waals surface area contributed by atoms with E-state index in [1.807, 2.05) is 0 Å². The fourth-order valence-corrected chi connectivity index (χ4v) is 0.987. The van der Waals surface area contributed by atoms with Crippen LogP contribution in [0, 0.1) is 0 Å². The molecule has 5 N–H and O–H groups in total. The Morgan fingerprint density at radius 3 is 2.29 bits per heavy atom. The van der Waals surface area contributed by atoms with Gasteiger partial charge in [0, 0.05) is 6.92 Å². The fourth-order valence-electron chi connectivity index (χ4n) is 0.987. The Morgan fingerprint density at radius 2 is 1.94 bits per heavy atom. The van der Waals surface area contributed by atoms with Gasteiger partial charge in [0.05, 0.1) is 6.61 Å². The SMILES string of the molecule is CC(=O)C(=O)O[C@@H]([C@H](O)[C@H](O)CO)[C@@H](N)C=O. The van der Waals surface area contributed by atoms with Crippen molar-refractivity contribution in [2.45, 2.75) is 31.3 Å². The van der Waals surface area contributed by atoms with E-state index < -0.39 is 42.7 Å². The topological polar surface area (TPSA) is 147 Å². The lowest BCUT2D eigenvalue weighted by atomic mass is 10.0. The number of carbonyl (C=O) groups excluding carboxylic acids is 3. The van der Waals surface area contributed by atoms with Gasteiger partial charge in [-0.3, -0.25) is 4.79 Å². The summed E-state index contributed by atoms with van der Waals surface area (Å²) >= 11 is 0. The van der Waals surface area contributed by atoms with Gasteiger partial charge < -0.3 is 30.6 Å². The third-order valence-electron chi connectivity index (χ3n) is 1.98. The highest BCUT2D eigenvalue weighted by molar-refractivity contribution is 6.32. The second-order valence-electron chi connectivity index (χ2n) is 3.38. The van der Waals surface area contributed by atoms with Crippen LogP contribution in [-0.4, -0.2) is 64.3 Å². The van der Waals surface area contributed by atoms with Crippen molar-refractivity contribution < 1.29 is 34.4 Å². The van der Waals surface area contributed by atoms with Gasteiger partial charge in [-0.05, 0) is 0 Å². The van der Waals surface area contributed by atoms with Crippen LogP contribution in [-0.2, 0) is 19.1 Å². The predicted molar refractivity (Wildman–Crippen MR) is 53.7 cm³/mol. The van der Waals surface area contributed by atoms with Crippen molar-refractivity contribution in [2.24, 2.45) is 5.73 Å². The minimum Gasteiger partial charge on any atom is -0.452 e. The molecule has 17 heavy (non-hydrogen) atoms. The first kappa shape index (κ1) is 15.7. The molecule has 0 spiro atoms. The molecule has 8 nitrogen and oxygen atoms in total. The van der Waals surface area contributed by atoms with Crippen LogP contribution >= 0.6 is 0 Å². The van der Waals surface area contributed by atoms with Gasteiger partial charge in [0.15, 0.2) is 6.10 Å². The Morgan fingerprint density at radius 1 is 1.41 bits per heavy atom. The number of aliphatic hydroxyl groups is 3. The summed E-state index contributed by atoms with van der Waals surface area (Å²) in [6.07, 6.45) is -4.84. The molecule has 0 heterocycles. The smallest absolute Gasteiger partial charge is 0.374 e. The lowest BCUT2D eigenvalue weighted by Crippen LogP contribution is -2.52. The molecule has 4 atom stereocenters. The number of rotatable bonds is 7. The molecule has 0 aliphatic heterocycles. The molecular weight excluding hydrogens is 234 g/mol. The van der Waals surface area contributed by atoms with E-state index in [4.69, 9.17) is 15.9 Å². The molecule has 0 fully saturated rings. The first-order valence-electron chi connectivity index (χ1n) is 4.74. The van der Waals surface area contributed by atoms with Crippen LogP contribution in [0.5, 0.6) is 0 Å². The molecule has 0 unspecified atom stereocenters. The molecule has 0 radical (unpaired) electrons. The highest BCUT2D eigenvalue weighted by Crippen LogP contribution is 2.08. The number of hydrogen-bond donors (Lipinski definition) is 4. The zero-order valence-corrected chi connectivity index (χ0v) is 9.15. The third kappa shape index (κ3) is 4.57. The van der Waals surface area contributed by atoms with E-state index in [-0.39, 0.29) is 6.29 Å². The van der Waals surface area contributed by atoms with Crippen LogP contribution in [0.15, 0.2) is 0 Å². The predicted octanol–water partition coefficient (Wildman–Crippen LogP) is -3.27. The molecule has 0 saturated heterocycles. The van der Waals surface area contributed by atoms with Gasteiger partial charge in [-0.25, -0.2) is 4.79 Å². The van der Waals surface area contributed by atoms with Crippen LogP contribution in [0.2, 0.25) is 0 Å². The van der Waals surface area contributed by atoms with Crippen LogP contribution in [0.1, 0.15) is 6.92 Å². The maximum Gasteiger partial charge on any atom is 0.374 e. The van der Waals surface area contributed by atoms with E-state index in [1.54, 1.807) is 0 Å². The molecule has 0 aromatic carbocycles. The number of Topliss-reactive ketones (excluding diaryl/α,β-unsaturated/α-hetero) is 1. The number of aldehydes is 1. The van der Waals surface area contributed by atoms with E-state index in [9.17, 15) is 19.5 Å². The minimum absolute atomic E-state index is 0.186. The minimum atomic E-state index is -1.77. The van der Waals surface area contributed by atoms with Crippen LogP contribution < -0.4 is 5.73 Å². The Balaban J connectivity index is 4.81. The average molecular weight is 249 g/mol. The number of aliphatic hydroxyl groups excluding tert-OH is 3. The zero-order valence-electron chi connectivity index (χ0n) is 9.15. The number of ketones is 1. The summed E-state index contributed by atoms with van der Waals surface area (Å²) in [5, 5.41) is 27.2. The maximum atomic E-state index is 11.0. The monoisotopic (exact) mass is 249 g/mol. The van der Waals surface area contributed by atoms with Crippen molar-refractivity contribution in [2.75, 3.05) is 6.61 Å². The van der Waals surface area contributed by atoms with Crippen LogP contribution in [0.25, 0.3) is 0 Å². The molecule has 0 aromatic rings. The second-order valence-corrected chi connectivity index (χ2v) is 3.38. The molecular formula is C9H15NO7. The first-order valence-corrected chi connectivity index (χ1v) is 4.74. The zero-order chi connectivity index (χ0) is 13.6. The summed E-state index contributed by atoms with van der Waals surface area (Å²) in [5.74, 6) is -2.24. The number of esters is 1. The molecule has 0 aliphatic rings. The van der Waals surface area contributed by atoms with Gasteiger partial charge in [0.1, 0.15) is 24.5 Å². The van der Waals surface area contributed by atoms with Crippen molar-refractivity contribution in [1.29, 1.82) is 0 Å². The van der Waals surface area contributed by atoms with Crippen LogP contribution in [0.3, 0.4) is 0 Å². The molecule has 0 bridgehead atoms. The molecule has 0 saturated carbocycles. The number of carbonyl (C=O) groups is 3. The van der Waals surface area contributed by atoms with E-state index in [1.165, 1.54) is 0 Å². The molecule has 0 amide bonds. The summed E-state index contributed by atoms with van der Waals surface area (Å²) < 4.78 is 4.48. The average Bonchev–Trinajstić information content (AvgIpc) is 2.32. The second kappa shape index (κ2) is 7.07. The van der Waals surface area contributed by atoms with E-state index in [0.29, 0.717) is 0 Å². The fraction of sp³-hybridized carbons (Fsp3) is 0.667. The Bertz CT molecular complexity index is 293. The largest absolute Gasteiger partial charge is 0.452 e. The van der Waals surface area contributed by atoms with Crippen LogP contribution in [0.4, 0.5) is 0 Å². The highest BCUT2D eigenvalue weighted by Gasteiger charge is 2.34. The van der Waals surface area contributed by atoms with Gasteiger partial charge in [-0.15, -0.1) is 0 Å². The van der Waals surface area contributed by atoms with Gasteiger partial charge in [-0.1, -0.05) is 0 Å². The van der Waals surface area contributed by atoms with Crippen molar-refractivity contribution in [3.05, 3.63) is 0 Å². The maximum absolute atomic E-state index is 11.0. The van der Waals surface area contributed by atoms with Gasteiger partial charge >= 0.3 is 5.97 Å². The van der Waals surface area contributed by atoms with Gasteiger partial charge in [0.25, 0.3) is 0 Å². The van der Waals surface area contributed by atoms with E-state index in [2.05, 4.69) is 4.74 Å². The van der Waals surface area contributed by atoms with E-state index >= 15 is 0 Å². The normalized spacial score (nSPS) is 17.7. The first-order chi connectivity index (χ1) is 7.84. The number of hydrogen-bond acceptors (Lipinski definition) is 8. The Hall–Kier alpha value is -1.35. The number of ether oxygens (including phenoxy) is 1. The van der Waals surface area contributed by atoms with Gasteiger partial charge in [-0.2, -0.15) is 0 Å². The Labute approximate surface area is 97.0 Å². The molecule has 0 aliphatic carbocycles. The standard InChI is InChI=1S/C9H15NO7/c1-4(13)9(16)17-8(5(10)2-11)7(15)6(14)3-12/h2,5-8,12,14-15H,3,10H2,1H3/t5-,6+,7+,8+/m0/s1. The molecule has 0 aromatic heterocycles. The third-order valence-corrected chi connectivity index (χ3v) is 1.98. The Kier molecular flexibility index (Phi) is 6.51. The lowest BCUT2D eigenvalue weighted by Gasteiger charge is -2.27. The quantitative estimate of drug-likeness (QED) is 0.209. The molecule has 8 heteroatoms. The van der Waals surface area contributed by atoms with Gasteiger partial charge in [0.2, 0.25) is 5.78 Å². The molecule has 0 rings (SSSR count). The van der Waals surface area contributed by atoms with Crippen molar-refractivity contribution in [3.63, 3.8) is 0 Å². The highest BCUT2D eigenvalue weighted by atomic mass is 16.6. The van der Waals surface area contributed by atoms with E-state index in [0.717, 1.165) is 6.92 Å². The summed E-state index contributed by atoms with van der Waals surface area (Å²) in [6.45, 7) is 0.113. The summed E-state index contributed by atoms with van der Waals surface area (Å²) in [5.41, 5.74) is 5.25. The summed E-state index contributed by atoms with van der Waals surface area (Å²) in [6, 6.07) is -1.42. The number of nitrogens with two attached hydrogens (primary N) is 1. The van der Waals surface area contributed by atoms with Crippen molar-refractivity contribution in [3.8, 4) is 0 Å². The van der Waals surface area contributed by atoms with Crippen molar-refractivity contribution in [1.82, 2.24) is 0 Å². The summed E-state index contributed by atoms with van der Waals surface area (Å²) in [4.78, 5) is 32.1. The lowest BCUT2D eigenvalue weighted by molar-refractivity contribution is -0.168. The van der Waals surface area contributed by atoms with Crippen molar-refractivity contribution >= 4 is 18.0 Å².